The first-order chi connectivity index (χ1) is 9.49. The average molecular weight is 366 g/mol. The molecule has 0 radical (unpaired) electrons. The summed E-state index contributed by atoms with van der Waals surface area (Å²) in [7, 11) is 0. The van der Waals surface area contributed by atoms with Crippen molar-refractivity contribution >= 4 is 46.4 Å². The van der Waals surface area contributed by atoms with Crippen LogP contribution in [0.3, 0.4) is 0 Å². The van der Waals surface area contributed by atoms with Gasteiger partial charge in [0.2, 0.25) is 0 Å². The van der Waals surface area contributed by atoms with E-state index in [9.17, 15) is 0 Å². The van der Waals surface area contributed by atoms with Crippen molar-refractivity contribution in [2.45, 2.75) is 34.1 Å². The molecule has 0 aromatic heterocycles. The number of benzene rings is 2. The van der Waals surface area contributed by atoms with E-state index in [0.717, 1.165) is 28.5 Å². The van der Waals surface area contributed by atoms with Crippen molar-refractivity contribution < 1.29 is 0 Å². The van der Waals surface area contributed by atoms with Crippen molar-refractivity contribution in [3.63, 3.8) is 0 Å². The van der Waals surface area contributed by atoms with Gasteiger partial charge in [0.05, 0.1) is 10.0 Å². The van der Waals surface area contributed by atoms with Crippen LogP contribution in [0.15, 0.2) is 36.4 Å². The van der Waals surface area contributed by atoms with E-state index in [4.69, 9.17) is 46.4 Å². The predicted molar refractivity (Wildman–Crippen MR) is 98.4 cm³/mol. The van der Waals surface area contributed by atoms with Crippen molar-refractivity contribution in [3.05, 3.63) is 67.6 Å². The fraction of sp³-hybridized carbons (Fsp3) is 0.294. The van der Waals surface area contributed by atoms with E-state index in [-0.39, 0.29) is 7.43 Å². The maximum atomic E-state index is 5.85. The lowest BCUT2D eigenvalue weighted by atomic mass is 10.2. The molecule has 0 aliphatic heterocycles. The fourth-order valence-corrected chi connectivity index (χ4v) is 2.62. The molecule has 2 rings (SSSR count). The summed E-state index contributed by atoms with van der Waals surface area (Å²) in [5.41, 5.74) is 2.25. The van der Waals surface area contributed by atoms with Gasteiger partial charge in [-0.2, -0.15) is 0 Å². The van der Waals surface area contributed by atoms with Crippen molar-refractivity contribution in [2.75, 3.05) is 0 Å². The molecular weight excluding hydrogens is 346 g/mol. The van der Waals surface area contributed by atoms with Gasteiger partial charge in [0, 0.05) is 10.0 Å². The molecule has 0 aliphatic carbocycles. The van der Waals surface area contributed by atoms with Crippen LogP contribution in [0.25, 0.3) is 0 Å². The van der Waals surface area contributed by atoms with Gasteiger partial charge in [0.1, 0.15) is 0 Å². The van der Waals surface area contributed by atoms with E-state index in [1.165, 1.54) is 5.56 Å². The zero-order valence-electron chi connectivity index (χ0n) is 11.4. The summed E-state index contributed by atoms with van der Waals surface area (Å²) in [4.78, 5) is 0. The smallest absolute Gasteiger partial charge is 0.0595 e. The molecule has 21 heavy (non-hydrogen) atoms. The number of aryl methyl sites for hydroxylation is 1. The minimum atomic E-state index is 0. The molecule has 0 spiro atoms. The maximum absolute atomic E-state index is 5.85. The highest BCUT2D eigenvalue weighted by molar-refractivity contribution is 6.42. The van der Waals surface area contributed by atoms with Gasteiger partial charge in [-0.15, -0.1) is 0 Å². The Morgan fingerprint density at radius 3 is 1.67 bits per heavy atom. The van der Waals surface area contributed by atoms with E-state index in [2.05, 4.69) is 6.92 Å². The summed E-state index contributed by atoms with van der Waals surface area (Å²) in [5.74, 6) is 0. The lowest BCUT2D eigenvalue weighted by Crippen LogP contribution is -1.82. The van der Waals surface area contributed by atoms with Crippen LogP contribution in [-0.2, 0) is 12.8 Å². The largest absolute Gasteiger partial charge is 0.0840 e. The Kier molecular flexibility index (Phi) is 10.1. The van der Waals surface area contributed by atoms with Crippen molar-refractivity contribution in [1.82, 2.24) is 0 Å². The number of rotatable bonds is 2. The van der Waals surface area contributed by atoms with Crippen LogP contribution in [0.4, 0.5) is 0 Å². The molecule has 0 atom stereocenters. The van der Waals surface area contributed by atoms with Gasteiger partial charge in [0.25, 0.3) is 0 Å². The second-order valence-electron chi connectivity index (χ2n) is 4.16. The van der Waals surface area contributed by atoms with Crippen LogP contribution in [0.5, 0.6) is 0 Å². The van der Waals surface area contributed by atoms with Crippen LogP contribution in [0.1, 0.15) is 32.4 Å². The predicted octanol–water partition coefficient (Wildman–Crippen LogP) is 7.75. The van der Waals surface area contributed by atoms with Crippen LogP contribution >= 0.6 is 46.4 Å². The first kappa shape index (κ1) is 20.6. The Labute approximate surface area is 148 Å². The number of hydrogen-bond acceptors (Lipinski definition) is 0. The molecule has 4 heteroatoms. The average Bonchev–Trinajstić information content (AvgIpc) is 2.43. The van der Waals surface area contributed by atoms with Crippen molar-refractivity contribution in [2.24, 2.45) is 0 Å². The van der Waals surface area contributed by atoms with E-state index in [1.807, 2.05) is 43.3 Å². The van der Waals surface area contributed by atoms with Crippen LogP contribution < -0.4 is 0 Å². The highest BCUT2D eigenvalue weighted by atomic mass is 35.5. The van der Waals surface area contributed by atoms with Gasteiger partial charge >= 0.3 is 0 Å². The Morgan fingerprint density at radius 1 is 0.714 bits per heavy atom. The first-order valence-electron chi connectivity index (χ1n) is 6.36. The Morgan fingerprint density at radius 2 is 1.29 bits per heavy atom. The number of halogens is 4. The Hall–Kier alpha value is -0.400. The van der Waals surface area contributed by atoms with Gasteiger partial charge in [0.15, 0.2) is 0 Å². The van der Waals surface area contributed by atoms with Crippen molar-refractivity contribution in [1.29, 1.82) is 0 Å². The summed E-state index contributed by atoms with van der Waals surface area (Å²) >= 11 is 23.2. The molecule has 0 aliphatic rings. The van der Waals surface area contributed by atoms with E-state index in [1.54, 1.807) is 0 Å². The zero-order chi connectivity index (χ0) is 15.1. The molecule has 0 saturated carbocycles. The normalized spacial score (nSPS) is 9.43. The lowest BCUT2D eigenvalue weighted by Gasteiger charge is -2.01. The molecule has 2 aromatic carbocycles. The second kappa shape index (κ2) is 10.3. The quantitative estimate of drug-likeness (QED) is 0.510. The van der Waals surface area contributed by atoms with Gasteiger partial charge in [-0.1, -0.05) is 79.8 Å². The SMILES string of the molecule is C.CCc1c(Cl)cccc1Cl.CCc1ccc(Cl)c(Cl)c1. The van der Waals surface area contributed by atoms with Crippen LogP contribution in [-0.4, -0.2) is 0 Å². The molecule has 0 saturated heterocycles. The van der Waals surface area contributed by atoms with Gasteiger partial charge in [-0.05, 0) is 48.2 Å². The van der Waals surface area contributed by atoms with Crippen LogP contribution in [0.2, 0.25) is 20.1 Å². The zero-order valence-corrected chi connectivity index (χ0v) is 14.4. The van der Waals surface area contributed by atoms with Gasteiger partial charge in [-0.25, -0.2) is 0 Å². The van der Waals surface area contributed by atoms with E-state index < -0.39 is 0 Å². The highest BCUT2D eigenvalue weighted by Crippen LogP contribution is 2.24. The summed E-state index contributed by atoms with van der Waals surface area (Å²) in [6.07, 6.45) is 1.88. The molecular formula is C17H20Cl4. The third-order valence-electron chi connectivity index (χ3n) is 2.81. The topological polar surface area (TPSA) is 0 Å². The maximum Gasteiger partial charge on any atom is 0.0595 e. The molecule has 0 unspecified atom stereocenters. The highest BCUT2D eigenvalue weighted by Gasteiger charge is 2.00. The van der Waals surface area contributed by atoms with Gasteiger partial charge < -0.3 is 0 Å². The third kappa shape index (κ3) is 6.48. The standard InChI is InChI=1S/2C8H8Cl2.CH4/c1-2-6-3-4-7(9)8(10)5-6;1-2-6-7(9)4-3-5-8(6)10;/h2*3-5H,2H2,1H3;1H4. The second-order valence-corrected chi connectivity index (χ2v) is 5.78. The van der Waals surface area contributed by atoms with E-state index in [0.29, 0.717) is 10.0 Å². The Bertz CT molecular complexity index is 544. The molecule has 2 aromatic rings. The summed E-state index contributed by atoms with van der Waals surface area (Å²) in [6.45, 7) is 4.12. The molecule has 0 heterocycles. The lowest BCUT2D eigenvalue weighted by molar-refractivity contribution is 1.14. The minimum absolute atomic E-state index is 0. The first-order valence-corrected chi connectivity index (χ1v) is 7.87. The third-order valence-corrected chi connectivity index (χ3v) is 4.25. The molecule has 0 nitrogen and oxygen atoms in total. The molecule has 0 bridgehead atoms. The molecule has 0 fully saturated rings. The fourth-order valence-electron chi connectivity index (χ4n) is 1.63. The molecule has 0 N–H and O–H groups in total. The minimum Gasteiger partial charge on any atom is -0.0840 e. The van der Waals surface area contributed by atoms with Crippen molar-refractivity contribution in [3.8, 4) is 0 Å². The Balaban J connectivity index is 0.000000364. The number of hydrogen-bond donors (Lipinski definition) is 0. The molecule has 0 amide bonds. The van der Waals surface area contributed by atoms with E-state index >= 15 is 0 Å². The monoisotopic (exact) mass is 364 g/mol. The summed E-state index contributed by atoms with van der Waals surface area (Å²) < 4.78 is 0. The summed E-state index contributed by atoms with van der Waals surface area (Å²) in [5, 5.41) is 2.78. The van der Waals surface area contributed by atoms with Gasteiger partial charge in [-0.3, -0.25) is 0 Å². The molecule has 116 valence electrons. The summed E-state index contributed by atoms with van der Waals surface area (Å²) in [6, 6.07) is 11.3. The van der Waals surface area contributed by atoms with Crippen LogP contribution in [0, 0.1) is 0 Å².